The molecule has 1 fully saturated rings. The number of nitrogens with one attached hydrogen (secondary N) is 2. The van der Waals surface area contributed by atoms with Gasteiger partial charge in [-0.05, 0) is 38.9 Å². The molecule has 1 aliphatic heterocycles. The third kappa shape index (κ3) is 6.24. The number of halogens is 3. The molecular formula is C12H22F3N3O. The van der Waals surface area contributed by atoms with E-state index in [2.05, 4.69) is 17.1 Å². The Hall–Kier alpha value is -0.820. The highest BCUT2D eigenvalue weighted by Gasteiger charge is 2.29. The standard InChI is InChI=1S/C12H22F3N3O/c1-3-18-5-4-10(7-18)6-16-9(2)11(19)17-8-12(13,14)15/h9-10,16H,3-8H2,1-2H3,(H,17,19). The van der Waals surface area contributed by atoms with Gasteiger partial charge in [0.2, 0.25) is 5.91 Å². The molecule has 0 radical (unpaired) electrons. The van der Waals surface area contributed by atoms with Crippen molar-refractivity contribution in [3.05, 3.63) is 0 Å². The van der Waals surface area contributed by atoms with Crippen molar-refractivity contribution in [3.63, 3.8) is 0 Å². The van der Waals surface area contributed by atoms with Crippen LogP contribution in [-0.2, 0) is 4.79 Å². The topological polar surface area (TPSA) is 44.4 Å². The van der Waals surface area contributed by atoms with Crippen LogP contribution in [0.3, 0.4) is 0 Å². The largest absolute Gasteiger partial charge is 0.405 e. The number of carbonyl (C=O) groups excluding carboxylic acids is 1. The van der Waals surface area contributed by atoms with E-state index in [-0.39, 0.29) is 0 Å². The lowest BCUT2D eigenvalue weighted by Crippen LogP contribution is -2.46. The SMILES string of the molecule is CCN1CCC(CNC(C)C(=O)NCC(F)(F)F)C1. The third-order valence-corrected chi connectivity index (χ3v) is 3.39. The number of hydrogen-bond acceptors (Lipinski definition) is 3. The van der Waals surface area contributed by atoms with Gasteiger partial charge in [0.25, 0.3) is 0 Å². The molecule has 2 N–H and O–H groups in total. The monoisotopic (exact) mass is 281 g/mol. The lowest BCUT2D eigenvalue weighted by atomic mass is 10.1. The van der Waals surface area contributed by atoms with Crippen LogP contribution in [0.1, 0.15) is 20.3 Å². The summed E-state index contributed by atoms with van der Waals surface area (Å²) < 4.78 is 35.9. The van der Waals surface area contributed by atoms with Gasteiger partial charge in [-0.3, -0.25) is 4.79 Å². The molecule has 0 bridgehead atoms. The van der Waals surface area contributed by atoms with Crippen molar-refractivity contribution in [3.8, 4) is 0 Å². The predicted molar refractivity (Wildman–Crippen MR) is 66.8 cm³/mol. The summed E-state index contributed by atoms with van der Waals surface area (Å²) in [6.07, 6.45) is -3.29. The van der Waals surface area contributed by atoms with Crippen molar-refractivity contribution < 1.29 is 18.0 Å². The summed E-state index contributed by atoms with van der Waals surface area (Å²) in [5.74, 6) is -0.138. The van der Waals surface area contributed by atoms with Gasteiger partial charge in [0.05, 0.1) is 6.04 Å². The molecular weight excluding hydrogens is 259 g/mol. The zero-order valence-corrected chi connectivity index (χ0v) is 11.4. The zero-order valence-electron chi connectivity index (χ0n) is 11.4. The van der Waals surface area contributed by atoms with E-state index in [4.69, 9.17) is 0 Å². The first-order valence-corrected chi connectivity index (χ1v) is 6.62. The van der Waals surface area contributed by atoms with Gasteiger partial charge < -0.3 is 15.5 Å². The minimum Gasteiger partial charge on any atom is -0.346 e. The Bertz CT molecular complexity index is 296. The molecule has 0 aromatic heterocycles. The smallest absolute Gasteiger partial charge is 0.346 e. The summed E-state index contributed by atoms with van der Waals surface area (Å²) >= 11 is 0. The van der Waals surface area contributed by atoms with Crippen LogP contribution in [0.4, 0.5) is 13.2 Å². The molecule has 112 valence electrons. The van der Waals surface area contributed by atoms with Crippen molar-refractivity contribution in [2.75, 3.05) is 32.7 Å². The van der Waals surface area contributed by atoms with Crippen LogP contribution in [-0.4, -0.2) is 55.7 Å². The second-order valence-electron chi connectivity index (χ2n) is 5.01. The van der Waals surface area contributed by atoms with E-state index in [0.29, 0.717) is 12.5 Å². The first-order valence-electron chi connectivity index (χ1n) is 6.62. The number of alkyl halides is 3. The summed E-state index contributed by atoms with van der Waals surface area (Å²) in [5.41, 5.74) is 0. The Morgan fingerprint density at radius 3 is 2.68 bits per heavy atom. The lowest BCUT2D eigenvalue weighted by molar-refractivity contribution is -0.139. The average Bonchev–Trinajstić information content (AvgIpc) is 2.80. The number of amides is 1. The molecule has 2 unspecified atom stereocenters. The molecule has 19 heavy (non-hydrogen) atoms. The van der Waals surface area contributed by atoms with E-state index in [0.717, 1.165) is 26.1 Å². The van der Waals surface area contributed by atoms with Crippen LogP contribution in [0.15, 0.2) is 0 Å². The summed E-state index contributed by atoms with van der Waals surface area (Å²) in [5, 5.41) is 4.88. The maximum absolute atomic E-state index is 12.0. The van der Waals surface area contributed by atoms with Crippen LogP contribution in [0.2, 0.25) is 0 Å². The van der Waals surface area contributed by atoms with Gasteiger partial charge in [-0.1, -0.05) is 6.92 Å². The van der Waals surface area contributed by atoms with Gasteiger partial charge in [-0.2, -0.15) is 13.2 Å². The molecule has 0 aliphatic carbocycles. The highest BCUT2D eigenvalue weighted by molar-refractivity contribution is 5.81. The van der Waals surface area contributed by atoms with Crippen molar-refractivity contribution in [1.82, 2.24) is 15.5 Å². The van der Waals surface area contributed by atoms with Crippen molar-refractivity contribution in [2.24, 2.45) is 5.92 Å². The van der Waals surface area contributed by atoms with Crippen LogP contribution in [0.25, 0.3) is 0 Å². The maximum Gasteiger partial charge on any atom is 0.405 e. The quantitative estimate of drug-likeness (QED) is 0.763. The van der Waals surface area contributed by atoms with Crippen molar-refractivity contribution >= 4 is 5.91 Å². The maximum atomic E-state index is 12.0. The Labute approximate surface area is 111 Å². The number of likely N-dealkylation sites (tertiary alicyclic amines) is 1. The van der Waals surface area contributed by atoms with Gasteiger partial charge in [-0.25, -0.2) is 0 Å². The van der Waals surface area contributed by atoms with E-state index in [1.165, 1.54) is 0 Å². The van der Waals surface area contributed by atoms with Gasteiger partial charge in [0, 0.05) is 6.54 Å². The normalized spacial score (nSPS) is 22.5. The summed E-state index contributed by atoms with van der Waals surface area (Å²) in [6.45, 7) is 6.12. The molecule has 0 aromatic carbocycles. The number of carbonyl (C=O) groups is 1. The number of nitrogens with zero attached hydrogens (tertiary/aromatic N) is 1. The molecule has 1 saturated heterocycles. The fourth-order valence-corrected chi connectivity index (χ4v) is 2.14. The Balaban J connectivity index is 2.20. The summed E-state index contributed by atoms with van der Waals surface area (Å²) in [7, 11) is 0. The molecule has 7 heteroatoms. The number of hydrogen-bond donors (Lipinski definition) is 2. The molecule has 0 spiro atoms. The van der Waals surface area contributed by atoms with Crippen LogP contribution in [0.5, 0.6) is 0 Å². The van der Waals surface area contributed by atoms with E-state index < -0.39 is 24.7 Å². The molecule has 2 atom stereocenters. The van der Waals surface area contributed by atoms with E-state index in [1.54, 1.807) is 6.92 Å². The Morgan fingerprint density at radius 2 is 2.16 bits per heavy atom. The molecule has 1 aliphatic rings. The second-order valence-corrected chi connectivity index (χ2v) is 5.01. The lowest BCUT2D eigenvalue weighted by Gasteiger charge is -2.18. The van der Waals surface area contributed by atoms with Crippen LogP contribution in [0, 0.1) is 5.92 Å². The van der Waals surface area contributed by atoms with Gasteiger partial charge in [0.1, 0.15) is 6.54 Å². The minimum absolute atomic E-state index is 0.470. The third-order valence-electron chi connectivity index (χ3n) is 3.39. The Kier molecular flexibility index (Phi) is 6.06. The number of rotatable bonds is 6. The summed E-state index contributed by atoms with van der Waals surface area (Å²) in [6, 6.07) is -0.599. The first kappa shape index (κ1) is 16.2. The van der Waals surface area contributed by atoms with Gasteiger partial charge >= 0.3 is 6.18 Å². The van der Waals surface area contributed by atoms with Gasteiger partial charge in [0.15, 0.2) is 0 Å². The van der Waals surface area contributed by atoms with E-state index in [9.17, 15) is 18.0 Å². The van der Waals surface area contributed by atoms with Crippen LogP contribution < -0.4 is 10.6 Å². The molecule has 1 heterocycles. The molecule has 1 amide bonds. The zero-order chi connectivity index (χ0) is 14.5. The second kappa shape index (κ2) is 7.09. The van der Waals surface area contributed by atoms with Gasteiger partial charge in [-0.15, -0.1) is 0 Å². The Morgan fingerprint density at radius 1 is 1.47 bits per heavy atom. The van der Waals surface area contributed by atoms with Crippen molar-refractivity contribution in [2.45, 2.75) is 32.5 Å². The minimum atomic E-state index is -4.36. The molecule has 1 rings (SSSR count). The van der Waals surface area contributed by atoms with E-state index >= 15 is 0 Å². The highest BCUT2D eigenvalue weighted by Crippen LogP contribution is 2.15. The molecule has 4 nitrogen and oxygen atoms in total. The summed E-state index contributed by atoms with van der Waals surface area (Å²) in [4.78, 5) is 13.8. The molecule has 0 aromatic rings. The van der Waals surface area contributed by atoms with Crippen LogP contribution >= 0.6 is 0 Å². The average molecular weight is 281 g/mol. The highest BCUT2D eigenvalue weighted by atomic mass is 19.4. The first-order chi connectivity index (χ1) is 8.81. The molecule has 0 saturated carbocycles. The fraction of sp³-hybridized carbons (Fsp3) is 0.917. The van der Waals surface area contributed by atoms with E-state index in [1.807, 2.05) is 5.32 Å². The van der Waals surface area contributed by atoms with Crippen molar-refractivity contribution in [1.29, 1.82) is 0 Å². The fourth-order valence-electron chi connectivity index (χ4n) is 2.14. The predicted octanol–water partition coefficient (Wildman–Crippen LogP) is 0.985.